The van der Waals surface area contributed by atoms with Crippen molar-refractivity contribution in [3.05, 3.63) is 18.0 Å². The highest BCUT2D eigenvalue weighted by Gasteiger charge is 2.16. The van der Waals surface area contributed by atoms with Crippen LogP contribution in [0, 0.1) is 0 Å². The Hall–Kier alpha value is -0.870. The van der Waals surface area contributed by atoms with E-state index in [1.54, 1.807) is 7.11 Å². The molecule has 0 aromatic carbocycles. The van der Waals surface area contributed by atoms with Crippen LogP contribution in [0.5, 0.6) is 0 Å². The number of aryl methyl sites for hydroxylation is 1. The van der Waals surface area contributed by atoms with Gasteiger partial charge in [0.25, 0.3) is 0 Å². The van der Waals surface area contributed by atoms with Gasteiger partial charge in [-0.2, -0.15) is 5.10 Å². The van der Waals surface area contributed by atoms with Gasteiger partial charge >= 0.3 is 0 Å². The van der Waals surface area contributed by atoms with Gasteiger partial charge in [-0.25, -0.2) is 0 Å². The van der Waals surface area contributed by atoms with Crippen LogP contribution < -0.4 is 5.32 Å². The first-order valence-electron chi connectivity index (χ1n) is 5.41. The summed E-state index contributed by atoms with van der Waals surface area (Å²) in [5.74, 6) is 0. The zero-order chi connectivity index (χ0) is 11.3. The number of hydrogen-bond donors (Lipinski definition) is 1. The van der Waals surface area contributed by atoms with E-state index in [0.717, 1.165) is 13.0 Å². The van der Waals surface area contributed by atoms with Crippen LogP contribution in [-0.4, -0.2) is 35.6 Å². The second kappa shape index (κ2) is 5.88. The molecule has 0 fully saturated rings. The summed E-state index contributed by atoms with van der Waals surface area (Å²) in [6, 6.07) is 0.351. The zero-order valence-corrected chi connectivity index (χ0v) is 10.0. The van der Waals surface area contributed by atoms with Gasteiger partial charge in [0, 0.05) is 26.4 Å². The molecule has 0 saturated heterocycles. The molecule has 1 heterocycles. The predicted molar refractivity (Wildman–Crippen MR) is 60.8 cm³/mol. The van der Waals surface area contributed by atoms with E-state index in [4.69, 9.17) is 4.74 Å². The second-order valence-electron chi connectivity index (χ2n) is 3.83. The molecule has 1 rings (SSSR count). The first-order valence-corrected chi connectivity index (χ1v) is 5.41. The minimum atomic E-state index is 0.213. The van der Waals surface area contributed by atoms with Crippen molar-refractivity contribution in [3.63, 3.8) is 0 Å². The fourth-order valence-electron chi connectivity index (χ4n) is 1.66. The van der Waals surface area contributed by atoms with Gasteiger partial charge in [0.15, 0.2) is 0 Å². The normalized spacial score (nSPS) is 15.2. The van der Waals surface area contributed by atoms with E-state index in [1.165, 1.54) is 5.56 Å². The Bertz CT molecular complexity index is 285. The monoisotopic (exact) mass is 211 g/mol. The summed E-state index contributed by atoms with van der Waals surface area (Å²) in [6.45, 7) is 5.15. The average molecular weight is 211 g/mol. The number of rotatable bonds is 6. The third-order valence-corrected chi connectivity index (χ3v) is 2.62. The summed E-state index contributed by atoms with van der Waals surface area (Å²) in [6.07, 6.45) is 5.13. The van der Waals surface area contributed by atoms with Crippen molar-refractivity contribution in [2.45, 2.75) is 32.4 Å². The Balaban J connectivity index is 2.57. The molecule has 0 aliphatic heterocycles. The Morgan fingerprint density at radius 3 is 2.80 bits per heavy atom. The maximum atomic E-state index is 5.35. The van der Waals surface area contributed by atoms with Crippen molar-refractivity contribution in [3.8, 4) is 0 Å². The molecule has 0 spiro atoms. The summed E-state index contributed by atoms with van der Waals surface area (Å²) >= 11 is 0. The quantitative estimate of drug-likeness (QED) is 0.762. The summed E-state index contributed by atoms with van der Waals surface area (Å²) in [4.78, 5) is 0. The molecule has 0 saturated carbocycles. The van der Waals surface area contributed by atoms with Crippen LogP contribution in [0.15, 0.2) is 12.4 Å². The molecule has 15 heavy (non-hydrogen) atoms. The van der Waals surface area contributed by atoms with Crippen LogP contribution in [-0.2, 0) is 18.2 Å². The predicted octanol–water partition coefficient (Wildman–Crippen LogP) is 0.976. The van der Waals surface area contributed by atoms with Crippen LogP contribution in [0.25, 0.3) is 0 Å². The number of ether oxygens (including phenoxy) is 1. The topological polar surface area (TPSA) is 39.1 Å². The van der Waals surface area contributed by atoms with Gasteiger partial charge in [0.1, 0.15) is 0 Å². The highest BCUT2D eigenvalue weighted by Crippen LogP contribution is 2.07. The van der Waals surface area contributed by atoms with Crippen molar-refractivity contribution < 1.29 is 4.74 Å². The van der Waals surface area contributed by atoms with Crippen molar-refractivity contribution in [2.75, 3.05) is 13.7 Å². The minimum Gasteiger partial charge on any atom is -0.380 e. The van der Waals surface area contributed by atoms with Crippen LogP contribution in [0.4, 0.5) is 0 Å². The van der Waals surface area contributed by atoms with Gasteiger partial charge in [-0.3, -0.25) is 4.68 Å². The Labute approximate surface area is 91.6 Å². The molecule has 0 amide bonds. The molecule has 0 bridgehead atoms. The molecular formula is C11H21N3O. The molecule has 0 aliphatic carbocycles. The lowest BCUT2D eigenvalue weighted by Gasteiger charge is -2.23. The fourth-order valence-corrected chi connectivity index (χ4v) is 1.66. The summed E-state index contributed by atoms with van der Waals surface area (Å²) in [5, 5.41) is 7.59. The average Bonchev–Trinajstić information content (AvgIpc) is 2.62. The first-order chi connectivity index (χ1) is 7.17. The third kappa shape index (κ3) is 3.64. The largest absolute Gasteiger partial charge is 0.380 e. The SMILES string of the molecule is CCNC(Cc1cnn(C)c1)C(C)OC. The van der Waals surface area contributed by atoms with Crippen molar-refractivity contribution in [2.24, 2.45) is 7.05 Å². The summed E-state index contributed by atoms with van der Waals surface area (Å²) in [7, 11) is 3.68. The number of methoxy groups -OCH3 is 1. The summed E-state index contributed by atoms with van der Waals surface area (Å²) in [5.41, 5.74) is 1.24. The van der Waals surface area contributed by atoms with E-state index in [0.29, 0.717) is 6.04 Å². The summed E-state index contributed by atoms with van der Waals surface area (Å²) < 4.78 is 7.18. The molecule has 0 aliphatic rings. The lowest BCUT2D eigenvalue weighted by atomic mass is 10.0. The lowest BCUT2D eigenvalue weighted by Crippen LogP contribution is -2.40. The van der Waals surface area contributed by atoms with E-state index in [-0.39, 0.29) is 6.10 Å². The first kappa shape index (κ1) is 12.2. The van der Waals surface area contributed by atoms with Crippen molar-refractivity contribution in [1.82, 2.24) is 15.1 Å². The molecule has 1 N–H and O–H groups in total. The molecule has 4 heteroatoms. The minimum absolute atomic E-state index is 0.213. The van der Waals surface area contributed by atoms with Gasteiger partial charge in [0.2, 0.25) is 0 Å². The molecular weight excluding hydrogens is 190 g/mol. The molecule has 2 atom stereocenters. The van der Waals surface area contributed by atoms with Crippen LogP contribution in [0.3, 0.4) is 0 Å². The van der Waals surface area contributed by atoms with Crippen LogP contribution in [0.2, 0.25) is 0 Å². The van der Waals surface area contributed by atoms with Gasteiger partial charge in [-0.1, -0.05) is 6.92 Å². The number of nitrogens with zero attached hydrogens (tertiary/aromatic N) is 2. The molecule has 4 nitrogen and oxygen atoms in total. The molecule has 1 aromatic heterocycles. The Morgan fingerprint density at radius 1 is 1.60 bits per heavy atom. The molecule has 2 unspecified atom stereocenters. The number of nitrogens with one attached hydrogen (secondary N) is 1. The van der Waals surface area contributed by atoms with E-state index in [1.807, 2.05) is 24.1 Å². The molecule has 0 radical (unpaired) electrons. The third-order valence-electron chi connectivity index (χ3n) is 2.62. The van der Waals surface area contributed by atoms with Gasteiger partial charge in [-0.05, 0) is 25.5 Å². The van der Waals surface area contributed by atoms with E-state index in [2.05, 4.69) is 24.3 Å². The van der Waals surface area contributed by atoms with Gasteiger partial charge in [-0.15, -0.1) is 0 Å². The van der Waals surface area contributed by atoms with Crippen molar-refractivity contribution >= 4 is 0 Å². The van der Waals surface area contributed by atoms with Crippen LogP contribution >= 0.6 is 0 Å². The lowest BCUT2D eigenvalue weighted by molar-refractivity contribution is 0.0836. The number of likely N-dealkylation sites (N-methyl/N-ethyl adjacent to an activating group) is 1. The van der Waals surface area contributed by atoms with E-state index in [9.17, 15) is 0 Å². The van der Waals surface area contributed by atoms with Crippen LogP contribution in [0.1, 0.15) is 19.4 Å². The maximum Gasteiger partial charge on any atom is 0.0699 e. The standard InChI is InChI=1S/C11H21N3O/c1-5-12-11(9(2)15-4)6-10-7-13-14(3)8-10/h7-9,11-12H,5-6H2,1-4H3. The number of aromatic nitrogens is 2. The fraction of sp³-hybridized carbons (Fsp3) is 0.727. The van der Waals surface area contributed by atoms with E-state index < -0.39 is 0 Å². The Kier molecular flexibility index (Phi) is 4.78. The highest BCUT2D eigenvalue weighted by atomic mass is 16.5. The zero-order valence-electron chi connectivity index (χ0n) is 10.0. The van der Waals surface area contributed by atoms with Gasteiger partial charge in [0.05, 0.1) is 12.3 Å². The number of hydrogen-bond acceptors (Lipinski definition) is 3. The molecule has 86 valence electrons. The van der Waals surface area contributed by atoms with Gasteiger partial charge < -0.3 is 10.1 Å². The highest BCUT2D eigenvalue weighted by molar-refractivity contribution is 5.06. The van der Waals surface area contributed by atoms with Crippen molar-refractivity contribution in [1.29, 1.82) is 0 Å². The van der Waals surface area contributed by atoms with E-state index >= 15 is 0 Å². The Morgan fingerprint density at radius 2 is 2.33 bits per heavy atom. The second-order valence-corrected chi connectivity index (χ2v) is 3.83. The molecule has 1 aromatic rings. The maximum absolute atomic E-state index is 5.35. The smallest absolute Gasteiger partial charge is 0.0699 e.